The van der Waals surface area contributed by atoms with Crippen LogP contribution in [0, 0.1) is 0 Å². The summed E-state index contributed by atoms with van der Waals surface area (Å²) >= 11 is 0. The normalized spacial score (nSPS) is 10.9. The van der Waals surface area contributed by atoms with Crippen molar-refractivity contribution in [3.63, 3.8) is 0 Å². The summed E-state index contributed by atoms with van der Waals surface area (Å²) in [6.07, 6.45) is 37.9. The van der Waals surface area contributed by atoms with Crippen molar-refractivity contribution < 1.29 is 30.0 Å². The fourth-order valence-corrected chi connectivity index (χ4v) is 5.37. The van der Waals surface area contributed by atoms with E-state index in [1.54, 1.807) is 0 Å². The van der Waals surface area contributed by atoms with Crippen molar-refractivity contribution in [2.75, 3.05) is 13.2 Å². The molecule has 4 N–H and O–H groups in total. The van der Waals surface area contributed by atoms with Crippen LogP contribution in [-0.4, -0.2) is 45.6 Å². The van der Waals surface area contributed by atoms with E-state index in [9.17, 15) is 9.59 Å². The summed E-state index contributed by atoms with van der Waals surface area (Å²) in [6, 6.07) is 0. The number of hydrogen-bond acceptors (Lipinski definition) is 4. The second kappa shape index (κ2) is 39.9. The SMILES string of the molecule is O=C(O)CCCCCCCCCCCCCCCCCO.O=C(O)CCCCCCCCCCCCCCCCCO. The molecule has 0 spiro atoms. The van der Waals surface area contributed by atoms with Crippen LogP contribution < -0.4 is 0 Å². The van der Waals surface area contributed by atoms with Gasteiger partial charge in [0.2, 0.25) is 0 Å². The van der Waals surface area contributed by atoms with Crippen molar-refractivity contribution in [1.29, 1.82) is 0 Å². The van der Waals surface area contributed by atoms with Crippen LogP contribution in [0.5, 0.6) is 0 Å². The zero-order valence-electron chi connectivity index (χ0n) is 27.6. The summed E-state index contributed by atoms with van der Waals surface area (Å²) in [6.45, 7) is 0.694. The van der Waals surface area contributed by atoms with Gasteiger partial charge < -0.3 is 20.4 Å². The molecular weight excluding hydrogens is 528 g/mol. The van der Waals surface area contributed by atoms with Crippen molar-refractivity contribution in [2.45, 2.75) is 205 Å². The van der Waals surface area contributed by atoms with Gasteiger partial charge in [0.1, 0.15) is 0 Å². The fraction of sp³-hybridized carbons (Fsp3) is 0.944. The van der Waals surface area contributed by atoms with Crippen LogP contribution in [0.25, 0.3) is 0 Å². The van der Waals surface area contributed by atoms with E-state index < -0.39 is 11.9 Å². The maximum absolute atomic E-state index is 10.3. The quantitative estimate of drug-likeness (QED) is 0.0546. The van der Waals surface area contributed by atoms with Gasteiger partial charge in [-0.3, -0.25) is 9.59 Å². The molecule has 6 nitrogen and oxygen atoms in total. The van der Waals surface area contributed by atoms with E-state index in [0.29, 0.717) is 26.1 Å². The van der Waals surface area contributed by atoms with E-state index in [-0.39, 0.29) is 0 Å². The number of aliphatic carboxylic acids is 2. The second-order valence-corrected chi connectivity index (χ2v) is 12.3. The van der Waals surface area contributed by atoms with Crippen LogP contribution in [0.15, 0.2) is 0 Å². The Bertz CT molecular complexity index is 479. The minimum absolute atomic E-state index is 0.333. The Morgan fingerprint density at radius 3 is 0.548 bits per heavy atom. The molecule has 0 aliphatic carbocycles. The highest BCUT2D eigenvalue weighted by Crippen LogP contribution is 2.15. The first-order chi connectivity index (χ1) is 20.5. The number of aliphatic hydroxyl groups is 2. The molecule has 0 fully saturated rings. The topological polar surface area (TPSA) is 115 Å². The van der Waals surface area contributed by atoms with Crippen molar-refractivity contribution in [3.8, 4) is 0 Å². The minimum atomic E-state index is -0.664. The molecule has 6 heteroatoms. The van der Waals surface area contributed by atoms with Gasteiger partial charge in [0.15, 0.2) is 0 Å². The Kier molecular flexibility index (Phi) is 40.8. The molecule has 0 radical (unpaired) electrons. The lowest BCUT2D eigenvalue weighted by atomic mass is 10.0. The van der Waals surface area contributed by atoms with E-state index in [0.717, 1.165) is 38.5 Å². The molecule has 0 aliphatic heterocycles. The van der Waals surface area contributed by atoms with Crippen LogP contribution in [0.4, 0.5) is 0 Å². The highest BCUT2D eigenvalue weighted by molar-refractivity contribution is 5.66. The summed E-state index contributed by atoms with van der Waals surface area (Å²) in [4.78, 5) is 20.7. The maximum atomic E-state index is 10.3. The Hall–Kier alpha value is -1.14. The van der Waals surface area contributed by atoms with Crippen molar-refractivity contribution in [1.82, 2.24) is 0 Å². The Morgan fingerprint density at radius 2 is 0.405 bits per heavy atom. The first-order valence-corrected chi connectivity index (χ1v) is 18.2. The lowest BCUT2D eigenvalue weighted by molar-refractivity contribution is -0.138. The van der Waals surface area contributed by atoms with Crippen molar-refractivity contribution >= 4 is 11.9 Å². The summed E-state index contributed by atoms with van der Waals surface area (Å²) < 4.78 is 0. The van der Waals surface area contributed by atoms with Gasteiger partial charge >= 0.3 is 11.9 Å². The van der Waals surface area contributed by atoms with Gasteiger partial charge in [0.05, 0.1) is 0 Å². The monoisotopic (exact) mass is 601 g/mol. The molecule has 0 saturated heterocycles. The van der Waals surface area contributed by atoms with Crippen LogP contribution >= 0.6 is 0 Å². The third-order valence-corrected chi connectivity index (χ3v) is 8.10. The highest BCUT2D eigenvalue weighted by Gasteiger charge is 1.98. The van der Waals surface area contributed by atoms with Crippen LogP contribution in [0.3, 0.4) is 0 Å². The highest BCUT2D eigenvalue weighted by atomic mass is 16.4. The lowest BCUT2D eigenvalue weighted by Gasteiger charge is -2.03. The van der Waals surface area contributed by atoms with Gasteiger partial charge in [-0.05, 0) is 25.7 Å². The van der Waals surface area contributed by atoms with Gasteiger partial charge in [-0.15, -0.1) is 0 Å². The molecule has 0 saturated carbocycles. The summed E-state index contributed by atoms with van der Waals surface area (Å²) in [5.74, 6) is -1.33. The Balaban J connectivity index is 0. The number of hydrogen-bond donors (Lipinski definition) is 4. The molecule has 0 rings (SSSR count). The minimum Gasteiger partial charge on any atom is -0.481 e. The molecule has 0 aromatic rings. The first-order valence-electron chi connectivity index (χ1n) is 18.2. The molecule has 42 heavy (non-hydrogen) atoms. The summed E-state index contributed by atoms with van der Waals surface area (Å²) in [5, 5.41) is 34.4. The average molecular weight is 601 g/mol. The average Bonchev–Trinajstić information content (AvgIpc) is 2.97. The number of carbonyl (C=O) groups is 2. The molecule has 252 valence electrons. The molecule has 0 atom stereocenters. The third-order valence-electron chi connectivity index (χ3n) is 8.10. The zero-order chi connectivity index (χ0) is 31.2. The molecule has 0 aromatic carbocycles. The molecule has 0 amide bonds. The number of carboxylic acids is 2. The van der Waals surface area contributed by atoms with Crippen LogP contribution in [0.2, 0.25) is 0 Å². The van der Waals surface area contributed by atoms with Gasteiger partial charge in [0, 0.05) is 26.1 Å². The van der Waals surface area contributed by atoms with Gasteiger partial charge in [-0.1, -0.05) is 167 Å². The van der Waals surface area contributed by atoms with E-state index in [1.165, 1.54) is 154 Å². The predicted octanol–water partition coefficient (Wildman–Crippen LogP) is 10.6. The summed E-state index contributed by atoms with van der Waals surface area (Å²) in [5.41, 5.74) is 0. The smallest absolute Gasteiger partial charge is 0.303 e. The molecule has 0 aliphatic rings. The van der Waals surface area contributed by atoms with E-state index in [1.807, 2.05) is 0 Å². The number of aliphatic hydroxyl groups excluding tert-OH is 2. The Labute approximate surface area is 260 Å². The third kappa shape index (κ3) is 45.8. The zero-order valence-corrected chi connectivity index (χ0v) is 27.6. The van der Waals surface area contributed by atoms with Gasteiger partial charge in [-0.25, -0.2) is 0 Å². The van der Waals surface area contributed by atoms with E-state index in [4.69, 9.17) is 20.4 Å². The summed E-state index contributed by atoms with van der Waals surface area (Å²) in [7, 11) is 0. The molecule has 0 unspecified atom stereocenters. The first kappa shape index (κ1) is 43.0. The van der Waals surface area contributed by atoms with E-state index >= 15 is 0 Å². The number of unbranched alkanes of at least 4 members (excludes halogenated alkanes) is 28. The Morgan fingerprint density at radius 1 is 0.262 bits per heavy atom. The van der Waals surface area contributed by atoms with Crippen LogP contribution in [0.1, 0.15) is 205 Å². The number of rotatable bonds is 34. The van der Waals surface area contributed by atoms with Crippen molar-refractivity contribution in [3.05, 3.63) is 0 Å². The standard InChI is InChI=1S/2C18H36O3/c2*19-17-15-13-11-9-7-5-3-1-2-4-6-8-10-12-14-16-18(20)21/h2*19H,1-17H2,(H,20,21). The van der Waals surface area contributed by atoms with E-state index in [2.05, 4.69) is 0 Å². The molecular formula is C36H72O6. The number of carboxylic acid groups (broad SMARTS) is 2. The lowest BCUT2D eigenvalue weighted by Crippen LogP contribution is -1.93. The predicted molar refractivity (Wildman–Crippen MR) is 177 cm³/mol. The second-order valence-electron chi connectivity index (χ2n) is 12.3. The molecule has 0 heterocycles. The largest absolute Gasteiger partial charge is 0.481 e. The van der Waals surface area contributed by atoms with Crippen molar-refractivity contribution in [2.24, 2.45) is 0 Å². The maximum Gasteiger partial charge on any atom is 0.303 e. The van der Waals surface area contributed by atoms with Gasteiger partial charge in [-0.2, -0.15) is 0 Å². The fourth-order valence-electron chi connectivity index (χ4n) is 5.37. The van der Waals surface area contributed by atoms with Gasteiger partial charge in [0.25, 0.3) is 0 Å². The molecule has 0 bridgehead atoms. The molecule has 0 aromatic heterocycles. The van der Waals surface area contributed by atoms with Crippen LogP contribution in [-0.2, 0) is 9.59 Å².